The van der Waals surface area contributed by atoms with Gasteiger partial charge in [0, 0.05) is 74.6 Å². The van der Waals surface area contributed by atoms with E-state index in [9.17, 15) is 9.18 Å². The molecule has 2 saturated heterocycles. The van der Waals surface area contributed by atoms with Gasteiger partial charge in [-0.15, -0.1) is 12.6 Å². The quantitative estimate of drug-likeness (QED) is 0.274. The number of nitrogens with zero attached hydrogens (tertiary/aromatic N) is 4. The van der Waals surface area contributed by atoms with Gasteiger partial charge in [-0.2, -0.15) is 0 Å². The molecule has 0 spiro atoms. The van der Waals surface area contributed by atoms with Crippen molar-refractivity contribution in [3.05, 3.63) is 77.2 Å². The molecule has 1 amide bonds. The molecule has 4 N–H and O–H groups in total. The number of morpholine rings is 1. The largest absolute Gasteiger partial charge is 0.437 e. The van der Waals surface area contributed by atoms with Crippen LogP contribution < -0.4 is 16.2 Å². The molecule has 3 atom stereocenters. The lowest BCUT2D eigenvalue weighted by atomic mass is 9.88. The maximum absolute atomic E-state index is 14.2. The highest BCUT2D eigenvalue weighted by atomic mass is 32.1. The van der Waals surface area contributed by atoms with Crippen molar-refractivity contribution in [2.75, 3.05) is 32.8 Å². The van der Waals surface area contributed by atoms with Crippen molar-refractivity contribution < 1.29 is 18.7 Å². The number of aromatic nitrogens is 1. The van der Waals surface area contributed by atoms with E-state index in [1.807, 2.05) is 18.2 Å². The Hall–Kier alpha value is -3.06. The van der Waals surface area contributed by atoms with Gasteiger partial charge in [-0.05, 0) is 56.7 Å². The second-order valence-electron chi connectivity index (χ2n) is 13.4. The average molecular weight is 663 g/mol. The van der Waals surface area contributed by atoms with Gasteiger partial charge in [0.05, 0.1) is 12.8 Å². The Bertz CT molecular complexity index is 1530. The predicted octanol–water partition coefficient (Wildman–Crippen LogP) is 5.03. The van der Waals surface area contributed by atoms with Crippen molar-refractivity contribution in [3.63, 3.8) is 0 Å². The van der Waals surface area contributed by atoms with Gasteiger partial charge < -0.3 is 20.9 Å². The summed E-state index contributed by atoms with van der Waals surface area (Å²) in [6.07, 6.45) is 5.53. The van der Waals surface area contributed by atoms with Gasteiger partial charge in [0.1, 0.15) is 22.6 Å². The van der Waals surface area contributed by atoms with Crippen molar-refractivity contribution in [1.29, 1.82) is 0 Å². The first-order valence-corrected chi connectivity index (χ1v) is 17.3. The van der Waals surface area contributed by atoms with Crippen molar-refractivity contribution in [2.24, 2.45) is 11.5 Å². The third-order valence-corrected chi connectivity index (χ3v) is 10.2. The molecule has 6 rings (SSSR count). The molecule has 1 unspecified atom stereocenters. The molecule has 252 valence electrons. The zero-order valence-corrected chi connectivity index (χ0v) is 28.2. The fourth-order valence-electron chi connectivity index (χ4n) is 7.74. The van der Waals surface area contributed by atoms with E-state index in [0.29, 0.717) is 56.2 Å². The second-order valence-corrected chi connectivity index (χ2v) is 14.0. The molecule has 9 nitrogen and oxygen atoms in total. The third-order valence-electron chi connectivity index (χ3n) is 9.84. The Kier molecular flexibility index (Phi) is 10.8. The molecule has 1 saturated carbocycles. The minimum Gasteiger partial charge on any atom is -0.437 e. The minimum atomic E-state index is -0.803. The van der Waals surface area contributed by atoms with Crippen LogP contribution in [0.3, 0.4) is 0 Å². The monoisotopic (exact) mass is 662 g/mol. The second kappa shape index (κ2) is 15.0. The molecule has 3 heterocycles. The van der Waals surface area contributed by atoms with Crippen LogP contribution in [0.2, 0.25) is 0 Å². The van der Waals surface area contributed by atoms with E-state index in [1.165, 1.54) is 0 Å². The predicted molar refractivity (Wildman–Crippen MR) is 185 cm³/mol. The first-order valence-electron chi connectivity index (χ1n) is 16.8. The van der Waals surface area contributed by atoms with Crippen molar-refractivity contribution in [3.8, 4) is 22.8 Å². The van der Waals surface area contributed by atoms with Gasteiger partial charge in [0.2, 0.25) is 5.88 Å². The molecule has 11 heteroatoms. The van der Waals surface area contributed by atoms with Crippen LogP contribution in [0.25, 0.3) is 11.1 Å². The fourth-order valence-corrected chi connectivity index (χ4v) is 8.08. The van der Waals surface area contributed by atoms with Gasteiger partial charge >= 0.3 is 0 Å². The SMILES string of the molecule is C[C@@H]1CN(Cc2ccc(-c3ccccc3)c(CN3CCOC(S)C3)c2Oc2ncc(F)cc2C(N)=O)C[C@H](C)N1C1CCC(N)CC1. The van der Waals surface area contributed by atoms with Crippen LogP contribution in [-0.4, -0.2) is 88.0 Å². The van der Waals surface area contributed by atoms with Gasteiger partial charge in [-0.25, -0.2) is 9.37 Å². The van der Waals surface area contributed by atoms with Crippen molar-refractivity contribution in [1.82, 2.24) is 19.7 Å². The van der Waals surface area contributed by atoms with Crippen molar-refractivity contribution in [2.45, 2.75) is 82.2 Å². The summed E-state index contributed by atoms with van der Waals surface area (Å²) in [7, 11) is 0. The molecule has 0 radical (unpaired) electrons. The Labute approximate surface area is 282 Å². The maximum atomic E-state index is 14.2. The number of halogens is 1. The molecule has 3 aromatic rings. The van der Waals surface area contributed by atoms with Crippen molar-refractivity contribution >= 4 is 18.5 Å². The number of rotatable bonds is 9. The Morgan fingerprint density at radius 2 is 1.74 bits per heavy atom. The van der Waals surface area contributed by atoms with Crippen LogP contribution in [0.5, 0.6) is 11.6 Å². The minimum absolute atomic E-state index is 0.0114. The molecule has 0 bridgehead atoms. The van der Waals surface area contributed by atoms with E-state index in [-0.39, 0.29) is 16.9 Å². The summed E-state index contributed by atoms with van der Waals surface area (Å²) < 4.78 is 26.6. The number of carbonyl (C=O) groups excluding carboxylic acids is 1. The zero-order valence-electron chi connectivity index (χ0n) is 27.4. The number of ether oxygens (including phenoxy) is 2. The number of hydrogen-bond acceptors (Lipinski definition) is 9. The highest BCUT2D eigenvalue weighted by Gasteiger charge is 2.36. The lowest BCUT2D eigenvalue weighted by Gasteiger charge is -2.49. The number of carbonyl (C=O) groups is 1. The lowest BCUT2D eigenvalue weighted by Crippen LogP contribution is -2.60. The highest BCUT2D eigenvalue weighted by Crippen LogP contribution is 2.40. The number of thiol groups is 1. The zero-order chi connectivity index (χ0) is 33.1. The van der Waals surface area contributed by atoms with Gasteiger partial charge in [-0.3, -0.25) is 19.5 Å². The van der Waals surface area contributed by atoms with E-state index in [4.69, 9.17) is 20.9 Å². The normalized spacial score (nSPS) is 26.3. The smallest absolute Gasteiger partial charge is 0.254 e. The van der Waals surface area contributed by atoms with E-state index >= 15 is 0 Å². The summed E-state index contributed by atoms with van der Waals surface area (Å²) in [5, 5.41) is 0. The average Bonchev–Trinajstić information content (AvgIpc) is 3.04. The van der Waals surface area contributed by atoms with Crippen LogP contribution in [-0.2, 0) is 17.8 Å². The first kappa shape index (κ1) is 33.8. The number of piperazine rings is 1. The van der Waals surface area contributed by atoms with E-state index in [0.717, 1.165) is 79.8 Å². The number of nitrogens with two attached hydrogens (primary N) is 2. The molecular formula is C36H47FN6O3S. The Morgan fingerprint density at radius 1 is 1.02 bits per heavy atom. The Morgan fingerprint density at radius 3 is 2.43 bits per heavy atom. The highest BCUT2D eigenvalue weighted by molar-refractivity contribution is 7.80. The van der Waals surface area contributed by atoms with Crippen LogP contribution in [0.15, 0.2) is 54.7 Å². The number of hydrogen-bond donors (Lipinski definition) is 3. The lowest BCUT2D eigenvalue weighted by molar-refractivity contribution is -0.00942. The molecule has 1 aliphatic carbocycles. The molecule has 47 heavy (non-hydrogen) atoms. The van der Waals surface area contributed by atoms with E-state index in [1.54, 1.807) is 0 Å². The Balaban J connectivity index is 1.38. The standard InChI is InChI=1S/C36H47FN6O3S/c1-23-18-42(19-24(2)43(23)29-11-9-28(38)10-12-29)20-26-8-13-30(25-6-4-3-5-7-25)32(21-41-14-15-45-33(47)22-41)34(26)46-36-31(35(39)44)16-27(37)17-40-36/h3-8,13,16-17,23-24,28-29,33,47H,9-12,14-15,18-22,38H2,1-2H3,(H2,39,44)/t23-,24+,28?,29?,33?. The van der Waals surface area contributed by atoms with Crippen LogP contribution in [0, 0.1) is 5.82 Å². The first-order chi connectivity index (χ1) is 22.7. The topological polar surface area (TPSA) is 110 Å². The van der Waals surface area contributed by atoms with Gasteiger partial charge in [0.15, 0.2) is 0 Å². The number of primary amides is 1. The molecule has 2 aliphatic heterocycles. The number of benzene rings is 2. The molecule has 2 aromatic carbocycles. The van der Waals surface area contributed by atoms with Gasteiger partial charge in [-0.1, -0.05) is 42.5 Å². The van der Waals surface area contributed by atoms with Crippen LogP contribution >= 0.6 is 12.6 Å². The summed E-state index contributed by atoms with van der Waals surface area (Å²) in [6.45, 7) is 9.63. The van der Waals surface area contributed by atoms with Crippen LogP contribution in [0.1, 0.15) is 61.0 Å². The van der Waals surface area contributed by atoms with E-state index < -0.39 is 11.7 Å². The molecule has 1 aromatic heterocycles. The summed E-state index contributed by atoms with van der Waals surface area (Å²) in [5.74, 6) is -0.858. The van der Waals surface area contributed by atoms with Crippen LogP contribution in [0.4, 0.5) is 4.39 Å². The molecule has 3 aliphatic rings. The molecule has 3 fully saturated rings. The maximum Gasteiger partial charge on any atom is 0.254 e. The van der Waals surface area contributed by atoms with E-state index in [2.05, 4.69) is 70.4 Å². The summed E-state index contributed by atoms with van der Waals surface area (Å²) in [6, 6.07) is 17.2. The summed E-state index contributed by atoms with van der Waals surface area (Å²) in [5.41, 5.74) is 15.6. The summed E-state index contributed by atoms with van der Waals surface area (Å²) >= 11 is 4.60. The number of pyridine rings is 1. The third kappa shape index (κ3) is 7.98. The number of amides is 1. The fraction of sp³-hybridized carbons (Fsp3) is 0.500. The molecular weight excluding hydrogens is 616 g/mol. The van der Waals surface area contributed by atoms with Gasteiger partial charge in [0.25, 0.3) is 5.91 Å². The summed E-state index contributed by atoms with van der Waals surface area (Å²) in [4.78, 5) is 24.1.